The number of hydrogen-bond acceptors (Lipinski definition) is 6. The fraction of sp³-hybridized carbons (Fsp3) is 0.556. The summed E-state index contributed by atoms with van der Waals surface area (Å²) in [6, 6.07) is 6.21. The van der Waals surface area contributed by atoms with Gasteiger partial charge in [0.2, 0.25) is 0 Å². The van der Waals surface area contributed by atoms with Crippen LogP contribution in [0.2, 0.25) is 0 Å². The Labute approximate surface area is 159 Å². The molecule has 1 aromatic carbocycles. The fourth-order valence-corrected chi connectivity index (χ4v) is 2.66. The van der Waals surface area contributed by atoms with Gasteiger partial charge in [0.25, 0.3) is 0 Å². The molecule has 1 aliphatic heterocycles. The molecule has 9 nitrogen and oxygen atoms in total. The number of urea groups is 1. The van der Waals surface area contributed by atoms with Crippen LogP contribution < -0.4 is 16.0 Å². The molecule has 0 unspecified atom stereocenters. The lowest BCUT2D eigenvalue weighted by Crippen LogP contribution is -2.51. The van der Waals surface area contributed by atoms with Gasteiger partial charge in [-0.1, -0.05) is 0 Å². The Bertz CT molecular complexity index is 615. The number of morpholine rings is 1. The van der Waals surface area contributed by atoms with Crippen LogP contribution in [0.1, 0.15) is 13.8 Å². The first kappa shape index (κ1) is 20.9. The maximum atomic E-state index is 12.0. The number of aliphatic hydroxyl groups is 1. The van der Waals surface area contributed by atoms with Gasteiger partial charge in [-0.15, -0.1) is 0 Å². The van der Waals surface area contributed by atoms with Crippen LogP contribution >= 0.6 is 0 Å². The number of amides is 3. The predicted octanol–water partition coefficient (Wildman–Crippen LogP) is 1.46. The number of nitrogens with zero attached hydrogens (tertiary/aromatic N) is 1. The number of anilines is 2. The molecule has 1 heterocycles. The molecule has 27 heavy (non-hydrogen) atoms. The van der Waals surface area contributed by atoms with E-state index in [9.17, 15) is 14.7 Å². The maximum absolute atomic E-state index is 12.0. The third kappa shape index (κ3) is 7.81. The zero-order valence-corrected chi connectivity index (χ0v) is 15.8. The minimum Gasteiger partial charge on any atom is -0.450 e. The van der Waals surface area contributed by atoms with E-state index in [4.69, 9.17) is 9.47 Å². The molecule has 0 saturated carbocycles. The minimum absolute atomic E-state index is 0.124. The van der Waals surface area contributed by atoms with Crippen LogP contribution in [0.15, 0.2) is 24.3 Å². The van der Waals surface area contributed by atoms with Gasteiger partial charge >= 0.3 is 12.1 Å². The summed E-state index contributed by atoms with van der Waals surface area (Å²) in [5.41, 5.74) is 0.0878. The van der Waals surface area contributed by atoms with Crippen LogP contribution in [0, 0.1) is 0 Å². The Hall–Kier alpha value is -2.36. The molecule has 4 N–H and O–H groups in total. The summed E-state index contributed by atoms with van der Waals surface area (Å²) in [5, 5.41) is 18.4. The van der Waals surface area contributed by atoms with E-state index in [2.05, 4.69) is 20.9 Å². The highest BCUT2D eigenvalue weighted by Crippen LogP contribution is 2.14. The molecule has 3 amide bonds. The van der Waals surface area contributed by atoms with Crippen molar-refractivity contribution < 1.29 is 24.2 Å². The van der Waals surface area contributed by atoms with E-state index in [1.165, 1.54) is 0 Å². The van der Waals surface area contributed by atoms with Crippen molar-refractivity contribution in [2.45, 2.75) is 19.4 Å². The van der Waals surface area contributed by atoms with E-state index >= 15 is 0 Å². The molecule has 1 saturated heterocycles. The highest BCUT2D eigenvalue weighted by molar-refractivity contribution is 5.90. The van der Waals surface area contributed by atoms with Gasteiger partial charge in [0.05, 0.1) is 25.4 Å². The Kier molecular flexibility index (Phi) is 7.83. The molecule has 2 rings (SSSR count). The first-order chi connectivity index (χ1) is 12.9. The molecule has 1 fully saturated rings. The molecule has 0 aromatic heterocycles. The lowest BCUT2D eigenvalue weighted by atomic mass is 10.1. The standard InChI is InChI=1S/C18H28N4O5/c1-3-27-17(24)21-15-6-4-14(5-7-15)20-16(23)19-12-18(2,25)13-22-8-10-26-11-9-22/h4-7,25H,3,8-13H2,1-2H3,(H,21,24)(H2,19,20,23)/t18-/m1/s1. The molecule has 150 valence electrons. The van der Waals surface area contributed by atoms with E-state index in [0.29, 0.717) is 37.7 Å². The summed E-state index contributed by atoms with van der Waals surface area (Å²) in [7, 11) is 0. The Balaban J connectivity index is 1.75. The molecule has 1 aliphatic rings. The normalized spacial score (nSPS) is 16.9. The van der Waals surface area contributed by atoms with Crippen LogP contribution in [0.25, 0.3) is 0 Å². The van der Waals surface area contributed by atoms with Crippen molar-refractivity contribution in [1.29, 1.82) is 0 Å². The van der Waals surface area contributed by atoms with Gasteiger partial charge < -0.3 is 25.2 Å². The molecular weight excluding hydrogens is 352 g/mol. The zero-order chi connectivity index (χ0) is 19.7. The van der Waals surface area contributed by atoms with Gasteiger partial charge in [0.15, 0.2) is 0 Å². The quantitative estimate of drug-likeness (QED) is 0.570. The van der Waals surface area contributed by atoms with Crippen molar-refractivity contribution in [1.82, 2.24) is 10.2 Å². The van der Waals surface area contributed by atoms with Gasteiger partial charge in [0.1, 0.15) is 0 Å². The molecule has 0 bridgehead atoms. The van der Waals surface area contributed by atoms with Gasteiger partial charge in [-0.25, -0.2) is 9.59 Å². The first-order valence-corrected chi connectivity index (χ1v) is 8.99. The van der Waals surface area contributed by atoms with Crippen LogP contribution in [0.5, 0.6) is 0 Å². The van der Waals surface area contributed by atoms with E-state index in [-0.39, 0.29) is 6.54 Å². The highest BCUT2D eigenvalue weighted by Gasteiger charge is 2.25. The largest absolute Gasteiger partial charge is 0.450 e. The second-order valence-corrected chi connectivity index (χ2v) is 6.62. The van der Waals surface area contributed by atoms with Gasteiger partial charge in [-0.2, -0.15) is 0 Å². The minimum atomic E-state index is -1.04. The molecule has 1 atom stereocenters. The summed E-state index contributed by atoms with van der Waals surface area (Å²) in [6.45, 7) is 7.16. The van der Waals surface area contributed by atoms with E-state index in [1.807, 2.05) is 0 Å². The zero-order valence-electron chi connectivity index (χ0n) is 15.8. The van der Waals surface area contributed by atoms with Gasteiger partial charge in [-0.05, 0) is 38.1 Å². The number of ether oxygens (including phenoxy) is 2. The van der Waals surface area contributed by atoms with Crippen molar-refractivity contribution >= 4 is 23.5 Å². The molecule has 1 aromatic rings. The number of carbonyl (C=O) groups is 2. The van der Waals surface area contributed by atoms with Crippen molar-refractivity contribution in [3.05, 3.63) is 24.3 Å². The summed E-state index contributed by atoms with van der Waals surface area (Å²) < 4.78 is 10.1. The van der Waals surface area contributed by atoms with Crippen LogP contribution in [0.4, 0.5) is 21.0 Å². The fourth-order valence-electron chi connectivity index (χ4n) is 2.66. The third-order valence-electron chi connectivity index (χ3n) is 3.96. The van der Waals surface area contributed by atoms with Gasteiger partial charge in [-0.3, -0.25) is 10.2 Å². The number of hydrogen-bond donors (Lipinski definition) is 4. The lowest BCUT2D eigenvalue weighted by molar-refractivity contribution is -0.0205. The lowest BCUT2D eigenvalue weighted by Gasteiger charge is -2.33. The molecule has 0 spiro atoms. The Morgan fingerprint density at radius 3 is 2.37 bits per heavy atom. The van der Waals surface area contributed by atoms with Crippen molar-refractivity contribution in [2.75, 3.05) is 56.6 Å². The molecule has 0 aliphatic carbocycles. The maximum Gasteiger partial charge on any atom is 0.411 e. The molecule has 0 radical (unpaired) electrons. The predicted molar refractivity (Wildman–Crippen MR) is 102 cm³/mol. The van der Waals surface area contributed by atoms with E-state index in [0.717, 1.165) is 13.1 Å². The monoisotopic (exact) mass is 380 g/mol. The number of nitrogens with one attached hydrogen (secondary N) is 3. The Morgan fingerprint density at radius 2 is 1.78 bits per heavy atom. The van der Waals surface area contributed by atoms with Crippen LogP contribution in [0.3, 0.4) is 0 Å². The van der Waals surface area contributed by atoms with Crippen molar-refractivity contribution in [3.8, 4) is 0 Å². The number of β-amino-alcohol motifs (C(OH)–C–C–N with tert-alkyl or cyclic N) is 1. The third-order valence-corrected chi connectivity index (χ3v) is 3.96. The van der Waals surface area contributed by atoms with E-state index in [1.54, 1.807) is 38.1 Å². The van der Waals surface area contributed by atoms with Crippen molar-refractivity contribution in [3.63, 3.8) is 0 Å². The number of carbonyl (C=O) groups excluding carboxylic acids is 2. The Morgan fingerprint density at radius 1 is 1.19 bits per heavy atom. The topological polar surface area (TPSA) is 112 Å². The second-order valence-electron chi connectivity index (χ2n) is 6.62. The number of benzene rings is 1. The SMILES string of the molecule is CCOC(=O)Nc1ccc(NC(=O)NC[C@@](C)(O)CN2CCOCC2)cc1. The summed E-state index contributed by atoms with van der Waals surface area (Å²) in [6.07, 6.45) is -0.529. The van der Waals surface area contributed by atoms with Crippen LogP contribution in [-0.2, 0) is 9.47 Å². The second kappa shape index (κ2) is 10.1. The average molecular weight is 380 g/mol. The molecular formula is C18H28N4O5. The smallest absolute Gasteiger partial charge is 0.411 e. The van der Waals surface area contributed by atoms with Crippen molar-refractivity contribution in [2.24, 2.45) is 0 Å². The highest BCUT2D eigenvalue weighted by atomic mass is 16.5. The average Bonchev–Trinajstić information content (AvgIpc) is 2.62. The summed E-state index contributed by atoms with van der Waals surface area (Å²) in [5.74, 6) is 0. The van der Waals surface area contributed by atoms with E-state index < -0.39 is 17.7 Å². The number of rotatable bonds is 7. The molecule has 9 heteroatoms. The van der Waals surface area contributed by atoms with Crippen LogP contribution in [-0.4, -0.2) is 73.7 Å². The summed E-state index contributed by atoms with van der Waals surface area (Å²) in [4.78, 5) is 25.5. The van der Waals surface area contributed by atoms with Gasteiger partial charge in [0, 0.05) is 37.6 Å². The first-order valence-electron chi connectivity index (χ1n) is 8.99. The summed E-state index contributed by atoms with van der Waals surface area (Å²) >= 11 is 0.